The Bertz CT molecular complexity index is 1370. The van der Waals surface area contributed by atoms with Crippen LogP contribution >= 0.6 is 12.2 Å². The van der Waals surface area contributed by atoms with Gasteiger partial charge in [0.05, 0.1) is 11.3 Å². The minimum atomic E-state index is -0.0618. The lowest BCUT2D eigenvalue weighted by atomic mass is 9.98. The molecule has 0 radical (unpaired) electrons. The third-order valence-corrected chi connectivity index (χ3v) is 5.89. The lowest BCUT2D eigenvalue weighted by molar-refractivity contribution is 0.0622. The van der Waals surface area contributed by atoms with Crippen LogP contribution < -0.4 is 4.59 Å². The highest BCUT2D eigenvalue weighted by atomic mass is 32.1. The maximum Gasteiger partial charge on any atom is 0.404 e. The Morgan fingerprint density at radius 2 is 1.52 bits per heavy atom. The number of amides is 1. The Labute approximate surface area is 172 Å². The van der Waals surface area contributed by atoms with Crippen LogP contribution in [0.3, 0.4) is 0 Å². The summed E-state index contributed by atoms with van der Waals surface area (Å²) in [4.78, 5) is 18.0. The van der Waals surface area contributed by atoms with Crippen molar-refractivity contribution in [1.82, 2.24) is 18.8 Å². The Hall–Kier alpha value is -3.61. The largest absolute Gasteiger partial charge is 0.404 e. The fraction of sp³-hybridized carbons (Fsp3) is 0. The number of hydrogen-bond donors (Lipinski definition) is 0. The first-order valence-electron chi connectivity index (χ1n) is 9.31. The van der Waals surface area contributed by atoms with Crippen LogP contribution in [0.4, 0.5) is 5.69 Å². The number of carbonyl (C=O) groups excluding carboxylic acids is 1. The van der Waals surface area contributed by atoms with Crippen molar-refractivity contribution in [2.75, 3.05) is 0 Å². The summed E-state index contributed by atoms with van der Waals surface area (Å²) in [7, 11) is 0. The van der Waals surface area contributed by atoms with Crippen molar-refractivity contribution in [2.45, 2.75) is 0 Å². The van der Waals surface area contributed by atoms with E-state index in [0.29, 0.717) is 10.5 Å². The molecule has 2 aliphatic heterocycles. The topological polar surface area (TPSA) is 39.8 Å². The Morgan fingerprint density at radius 1 is 0.828 bits per heavy atom. The zero-order valence-electron chi connectivity index (χ0n) is 15.3. The van der Waals surface area contributed by atoms with E-state index in [1.165, 1.54) is 0 Å². The van der Waals surface area contributed by atoms with E-state index in [4.69, 9.17) is 12.2 Å². The lowest BCUT2D eigenvalue weighted by Crippen LogP contribution is -2.65. The summed E-state index contributed by atoms with van der Waals surface area (Å²) in [6.07, 6.45) is 3.74. The van der Waals surface area contributed by atoms with Crippen molar-refractivity contribution in [1.29, 1.82) is 0 Å². The highest BCUT2D eigenvalue weighted by Crippen LogP contribution is 2.48. The maximum absolute atomic E-state index is 13.4. The molecule has 0 saturated carbocycles. The fourth-order valence-electron chi connectivity index (χ4n) is 4.29. The predicted octanol–water partition coefficient (Wildman–Crippen LogP) is 4.73. The molecule has 1 amide bonds. The molecule has 2 aromatic heterocycles. The van der Waals surface area contributed by atoms with Crippen molar-refractivity contribution < 1.29 is 4.79 Å². The van der Waals surface area contributed by atoms with Crippen molar-refractivity contribution >= 4 is 29.4 Å². The SMILES string of the molecule is O=C1c2c3n(-c4ccccc4)c(=S)n2[N+]1(c1ccccc1)C=C3c1ccccn1. The molecule has 2 aliphatic rings. The summed E-state index contributed by atoms with van der Waals surface area (Å²) >= 11 is 5.88. The molecule has 138 valence electrons. The van der Waals surface area contributed by atoms with E-state index in [1.54, 1.807) is 6.20 Å². The summed E-state index contributed by atoms with van der Waals surface area (Å²) in [6.45, 7) is 0. The molecule has 2 aromatic carbocycles. The molecule has 1 unspecified atom stereocenters. The van der Waals surface area contributed by atoms with Gasteiger partial charge in [-0.15, -0.1) is 4.68 Å². The summed E-state index contributed by atoms with van der Waals surface area (Å²) in [5.74, 6) is 0.0201. The van der Waals surface area contributed by atoms with Crippen LogP contribution in [0, 0.1) is 4.77 Å². The number of quaternary nitrogens is 1. The standard InChI is InChI=1S/C23H15N4OS/c28-22-21-20-18(19-13-7-8-14-24-19)15-27(22,17-11-5-2-6-12-17)26(21)23(29)25(20)16-9-3-1-4-10-16/h1-15H/q+1. The summed E-state index contributed by atoms with van der Waals surface area (Å²) in [5.41, 5.74) is 4.94. The third-order valence-electron chi connectivity index (χ3n) is 5.54. The first kappa shape index (κ1) is 16.4. The molecule has 4 bridgehead atoms. The van der Waals surface area contributed by atoms with Crippen molar-refractivity contribution in [3.8, 4) is 5.69 Å². The normalized spacial score (nSPS) is 18.9. The molecule has 6 rings (SSSR count). The minimum Gasteiger partial charge on any atom is -0.280 e. The molecule has 29 heavy (non-hydrogen) atoms. The van der Waals surface area contributed by atoms with Gasteiger partial charge in [0.15, 0.2) is 5.69 Å². The number of aromatic nitrogens is 3. The van der Waals surface area contributed by atoms with Crippen LogP contribution in [0.15, 0.2) is 91.3 Å². The van der Waals surface area contributed by atoms with E-state index in [1.807, 2.05) is 94.3 Å². The van der Waals surface area contributed by atoms with Crippen molar-refractivity contribution in [2.24, 2.45) is 0 Å². The third kappa shape index (κ3) is 1.94. The van der Waals surface area contributed by atoms with E-state index >= 15 is 0 Å². The molecule has 0 N–H and O–H groups in total. The average Bonchev–Trinajstić information content (AvgIpc) is 3.01. The van der Waals surface area contributed by atoms with Gasteiger partial charge in [-0.25, -0.2) is 4.79 Å². The smallest absolute Gasteiger partial charge is 0.280 e. The fourth-order valence-corrected chi connectivity index (χ4v) is 4.70. The Kier molecular flexibility index (Phi) is 3.21. The number of rotatable bonds is 3. The first-order chi connectivity index (χ1) is 14.2. The monoisotopic (exact) mass is 395 g/mol. The second-order valence-electron chi connectivity index (χ2n) is 7.05. The molecule has 0 saturated heterocycles. The highest BCUT2D eigenvalue weighted by molar-refractivity contribution is 7.71. The van der Waals surface area contributed by atoms with Crippen LogP contribution in [0.2, 0.25) is 0 Å². The molecule has 1 atom stereocenters. The molecular weight excluding hydrogens is 380 g/mol. The van der Waals surface area contributed by atoms with Gasteiger partial charge < -0.3 is 0 Å². The summed E-state index contributed by atoms with van der Waals surface area (Å²) < 4.78 is 4.45. The Morgan fingerprint density at radius 3 is 2.21 bits per heavy atom. The van der Waals surface area contributed by atoms with Gasteiger partial charge in [-0.1, -0.05) is 47.1 Å². The van der Waals surface area contributed by atoms with E-state index in [-0.39, 0.29) is 10.5 Å². The average molecular weight is 395 g/mol. The minimum absolute atomic E-state index is 0.0201. The maximum atomic E-state index is 13.4. The van der Waals surface area contributed by atoms with Crippen molar-refractivity contribution in [3.05, 3.63) is 113 Å². The number of benzene rings is 2. The van der Waals surface area contributed by atoms with Crippen LogP contribution in [0.5, 0.6) is 0 Å². The molecule has 0 aliphatic carbocycles. The van der Waals surface area contributed by atoms with Gasteiger partial charge >= 0.3 is 5.91 Å². The van der Waals surface area contributed by atoms with E-state index in [0.717, 1.165) is 28.3 Å². The molecular formula is C23H15N4OS+. The van der Waals surface area contributed by atoms with Crippen LogP contribution in [-0.4, -0.2) is 20.1 Å². The van der Waals surface area contributed by atoms with Gasteiger partial charge in [0.1, 0.15) is 11.9 Å². The molecule has 0 spiro atoms. The van der Waals surface area contributed by atoms with Gasteiger partial charge in [0.25, 0.3) is 0 Å². The molecule has 4 aromatic rings. The number of carbonyl (C=O) groups is 1. The lowest BCUT2D eigenvalue weighted by Gasteiger charge is -2.41. The molecule has 6 heteroatoms. The number of pyridine rings is 1. The second kappa shape index (κ2) is 5.70. The van der Waals surface area contributed by atoms with Crippen LogP contribution in [0.1, 0.15) is 21.9 Å². The number of para-hydroxylation sites is 2. The van der Waals surface area contributed by atoms with Gasteiger partial charge in [0, 0.05) is 24.0 Å². The summed E-state index contributed by atoms with van der Waals surface area (Å²) in [5, 5.41) is 0. The van der Waals surface area contributed by atoms with Crippen molar-refractivity contribution in [3.63, 3.8) is 0 Å². The quantitative estimate of drug-likeness (QED) is 0.372. The zero-order valence-corrected chi connectivity index (χ0v) is 16.1. The first-order valence-corrected chi connectivity index (χ1v) is 9.72. The van der Waals surface area contributed by atoms with Gasteiger partial charge in [0.2, 0.25) is 10.5 Å². The number of imidazole rings is 1. The molecule has 0 fully saturated rings. The van der Waals surface area contributed by atoms with Gasteiger partial charge in [-0.2, -0.15) is 0 Å². The summed E-state index contributed by atoms with van der Waals surface area (Å²) in [6, 6.07) is 25.5. The molecule has 4 heterocycles. The van der Waals surface area contributed by atoms with E-state index in [9.17, 15) is 4.79 Å². The van der Waals surface area contributed by atoms with Crippen LogP contribution in [-0.2, 0) is 0 Å². The number of hydrogen-bond acceptors (Lipinski definition) is 3. The zero-order chi connectivity index (χ0) is 19.6. The van der Waals surface area contributed by atoms with Crippen LogP contribution in [0.25, 0.3) is 11.3 Å². The van der Waals surface area contributed by atoms with E-state index < -0.39 is 0 Å². The van der Waals surface area contributed by atoms with Gasteiger partial charge in [-0.3, -0.25) is 9.55 Å². The van der Waals surface area contributed by atoms with Gasteiger partial charge in [-0.05, 0) is 36.5 Å². The molecule has 5 nitrogen and oxygen atoms in total. The predicted molar refractivity (Wildman–Crippen MR) is 114 cm³/mol. The number of nitrogens with zero attached hydrogens (tertiary/aromatic N) is 4. The highest BCUT2D eigenvalue weighted by Gasteiger charge is 2.62. The Balaban J connectivity index is 1.74. The van der Waals surface area contributed by atoms with E-state index in [2.05, 4.69) is 4.98 Å². The second-order valence-corrected chi connectivity index (χ2v) is 7.41.